The minimum absolute atomic E-state index is 0.0799. The Balaban J connectivity index is 3.47. The van der Waals surface area contributed by atoms with Crippen LogP contribution in [0.2, 0.25) is 0 Å². The van der Waals surface area contributed by atoms with Crippen molar-refractivity contribution in [1.29, 1.82) is 0 Å². The largest absolute Gasteiger partial charge is 0.394 e. The molecule has 0 fully saturated rings. The van der Waals surface area contributed by atoms with Crippen LogP contribution in [-0.2, 0) is 4.79 Å². The number of nitrogens with one attached hydrogen (secondary N) is 1. The smallest absolute Gasteiger partial charge is 0.220 e. The Morgan fingerprint density at radius 3 is 1.15 bits per heavy atom. The summed E-state index contributed by atoms with van der Waals surface area (Å²) in [7, 11) is 0. The molecule has 0 aliphatic rings. The minimum atomic E-state index is -0.871. The third-order valence-corrected chi connectivity index (χ3v) is 11.3. The zero-order valence-corrected chi connectivity index (χ0v) is 40.2. The molecule has 0 spiro atoms. The molecule has 0 saturated carbocycles. The predicted octanol–water partition coefficient (Wildman–Crippen LogP) is 17.0. The van der Waals surface area contributed by atoms with Crippen molar-refractivity contribution < 1.29 is 15.0 Å². The molecular weight excluding hydrogens is 747 g/mol. The highest BCUT2D eigenvalue weighted by Gasteiger charge is 2.17. The molecule has 0 aliphatic carbocycles. The minimum Gasteiger partial charge on any atom is -0.394 e. The first kappa shape index (κ1) is 58.3. The van der Waals surface area contributed by atoms with Gasteiger partial charge < -0.3 is 15.5 Å². The number of hydrogen-bond acceptors (Lipinski definition) is 3. The Morgan fingerprint density at radius 2 is 0.738 bits per heavy atom. The van der Waals surface area contributed by atoms with E-state index < -0.39 is 12.1 Å². The quantitative estimate of drug-likeness (QED) is 0.0422. The van der Waals surface area contributed by atoms with Gasteiger partial charge in [0.25, 0.3) is 0 Å². The topological polar surface area (TPSA) is 69.6 Å². The molecule has 4 heteroatoms. The number of carbonyl (C=O) groups is 1. The van der Waals surface area contributed by atoms with E-state index in [1.54, 1.807) is 6.08 Å². The molecule has 0 rings (SSSR count). The summed E-state index contributed by atoms with van der Waals surface area (Å²) in [5, 5.41) is 23.0. The highest BCUT2D eigenvalue weighted by atomic mass is 16.3. The summed E-state index contributed by atoms with van der Waals surface area (Å²) in [4.78, 5) is 12.4. The fraction of sp³-hybridized carbons (Fsp3) is 0.702. The third kappa shape index (κ3) is 48.2. The SMILES string of the molecule is CC/C=C\C/C=C\C/C=C\C/C=C\C/C=C\CCCCCCCCCCCCCCCCCCCCCCCC(=O)NC(CO)C(O)/C=C/CC/C=C/CC/C=C/CCCC. The lowest BCUT2D eigenvalue weighted by Crippen LogP contribution is -2.45. The first-order valence-corrected chi connectivity index (χ1v) is 26.0. The van der Waals surface area contributed by atoms with Crippen molar-refractivity contribution in [2.75, 3.05) is 6.61 Å². The normalized spacial score (nSPS) is 13.7. The van der Waals surface area contributed by atoms with Gasteiger partial charge in [-0.25, -0.2) is 0 Å². The standard InChI is InChI=1S/C57H99NO3/c1-3-5-7-9-11-13-15-17-18-19-20-21-22-23-24-25-26-27-28-29-30-31-32-33-34-35-36-37-38-39-40-41-43-45-47-49-51-53-57(61)58-55(54-59)56(60)52-50-48-46-44-42-16-14-12-10-8-6-4-2/h5,7,10-13,17-18,20-21,23-24,42,44,50,52,55-56,59-60H,3-4,6,8-9,14-16,19,22,25-41,43,45-49,51,53-54H2,1-2H3,(H,58,61)/b7-5-,12-10+,13-11-,18-17-,21-20-,24-23-,44-42+,52-50+. The molecule has 4 nitrogen and oxygen atoms in total. The molecule has 0 aromatic rings. The molecule has 0 aromatic carbocycles. The van der Waals surface area contributed by atoms with Gasteiger partial charge in [-0.15, -0.1) is 0 Å². The summed E-state index contributed by atoms with van der Waals surface area (Å²) < 4.78 is 0. The van der Waals surface area contributed by atoms with Gasteiger partial charge in [0.2, 0.25) is 5.91 Å². The summed E-state index contributed by atoms with van der Waals surface area (Å²) >= 11 is 0. The van der Waals surface area contributed by atoms with E-state index in [-0.39, 0.29) is 12.5 Å². The second kappa shape index (κ2) is 51.7. The van der Waals surface area contributed by atoms with Crippen LogP contribution >= 0.6 is 0 Å². The Bertz CT molecular complexity index is 1140. The van der Waals surface area contributed by atoms with Crippen LogP contribution in [0.5, 0.6) is 0 Å². The van der Waals surface area contributed by atoms with Crippen molar-refractivity contribution in [1.82, 2.24) is 5.32 Å². The number of allylic oxidation sites excluding steroid dienone is 15. The van der Waals surface area contributed by atoms with Gasteiger partial charge in [0.05, 0.1) is 18.8 Å². The molecule has 0 saturated heterocycles. The summed E-state index contributed by atoms with van der Waals surface area (Å²) in [6.45, 7) is 4.12. The van der Waals surface area contributed by atoms with Crippen LogP contribution < -0.4 is 5.32 Å². The Hall–Kier alpha value is -2.69. The first-order valence-electron chi connectivity index (χ1n) is 26.0. The number of hydrogen-bond donors (Lipinski definition) is 3. The molecule has 61 heavy (non-hydrogen) atoms. The second-order valence-corrected chi connectivity index (χ2v) is 17.2. The predicted molar refractivity (Wildman–Crippen MR) is 271 cm³/mol. The Labute approximate surface area is 379 Å². The average molecular weight is 846 g/mol. The lowest BCUT2D eigenvalue weighted by Gasteiger charge is -2.19. The number of rotatable bonds is 46. The molecule has 0 radical (unpaired) electrons. The van der Waals surface area contributed by atoms with Crippen LogP contribution in [0.15, 0.2) is 97.2 Å². The molecule has 0 bridgehead atoms. The summed E-state index contributed by atoms with van der Waals surface area (Å²) in [6.07, 6.45) is 77.1. The molecule has 0 aliphatic heterocycles. The Kier molecular flexibility index (Phi) is 49.4. The summed E-state index contributed by atoms with van der Waals surface area (Å²) in [5.74, 6) is -0.0799. The van der Waals surface area contributed by atoms with Gasteiger partial charge in [0.1, 0.15) is 0 Å². The van der Waals surface area contributed by atoms with Gasteiger partial charge >= 0.3 is 0 Å². The van der Waals surface area contributed by atoms with Crippen LogP contribution in [0.4, 0.5) is 0 Å². The van der Waals surface area contributed by atoms with Crippen molar-refractivity contribution in [3.63, 3.8) is 0 Å². The average Bonchev–Trinajstić information content (AvgIpc) is 3.26. The lowest BCUT2D eigenvalue weighted by atomic mass is 10.0. The number of aliphatic hydroxyl groups is 2. The van der Waals surface area contributed by atoms with Crippen LogP contribution in [0.1, 0.15) is 239 Å². The van der Waals surface area contributed by atoms with E-state index in [0.29, 0.717) is 6.42 Å². The summed E-state index contributed by atoms with van der Waals surface area (Å²) in [5.41, 5.74) is 0. The van der Waals surface area contributed by atoms with Gasteiger partial charge in [-0.3, -0.25) is 4.79 Å². The van der Waals surface area contributed by atoms with E-state index in [2.05, 4.69) is 104 Å². The maximum Gasteiger partial charge on any atom is 0.220 e. The van der Waals surface area contributed by atoms with Crippen LogP contribution in [-0.4, -0.2) is 34.9 Å². The zero-order chi connectivity index (χ0) is 44.2. The molecule has 2 unspecified atom stereocenters. The van der Waals surface area contributed by atoms with E-state index in [0.717, 1.165) is 70.6 Å². The van der Waals surface area contributed by atoms with Crippen LogP contribution in [0, 0.1) is 0 Å². The van der Waals surface area contributed by atoms with Crippen LogP contribution in [0.3, 0.4) is 0 Å². The van der Waals surface area contributed by atoms with E-state index in [9.17, 15) is 15.0 Å². The van der Waals surface area contributed by atoms with Crippen LogP contribution in [0.25, 0.3) is 0 Å². The molecular formula is C57H99NO3. The fourth-order valence-corrected chi connectivity index (χ4v) is 7.34. The van der Waals surface area contributed by atoms with E-state index in [1.165, 1.54) is 148 Å². The van der Waals surface area contributed by atoms with Gasteiger partial charge in [-0.05, 0) is 83.5 Å². The second-order valence-electron chi connectivity index (χ2n) is 17.2. The van der Waals surface area contributed by atoms with Gasteiger partial charge in [-0.2, -0.15) is 0 Å². The van der Waals surface area contributed by atoms with Crippen molar-refractivity contribution >= 4 is 5.91 Å². The number of aliphatic hydroxyl groups excluding tert-OH is 2. The molecule has 0 aromatic heterocycles. The highest BCUT2D eigenvalue weighted by molar-refractivity contribution is 5.76. The zero-order valence-electron chi connectivity index (χ0n) is 40.2. The maximum absolute atomic E-state index is 12.4. The van der Waals surface area contributed by atoms with Crippen molar-refractivity contribution in [2.45, 2.75) is 251 Å². The molecule has 3 N–H and O–H groups in total. The maximum atomic E-state index is 12.4. The molecule has 350 valence electrons. The highest BCUT2D eigenvalue weighted by Crippen LogP contribution is 2.16. The van der Waals surface area contributed by atoms with E-state index >= 15 is 0 Å². The van der Waals surface area contributed by atoms with Crippen molar-refractivity contribution in [3.8, 4) is 0 Å². The van der Waals surface area contributed by atoms with Crippen molar-refractivity contribution in [3.05, 3.63) is 97.2 Å². The fourth-order valence-electron chi connectivity index (χ4n) is 7.34. The molecule has 0 heterocycles. The molecule has 1 amide bonds. The lowest BCUT2D eigenvalue weighted by molar-refractivity contribution is -0.123. The number of unbranched alkanes of at least 4 members (excludes halogenated alkanes) is 25. The van der Waals surface area contributed by atoms with Crippen molar-refractivity contribution in [2.24, 2.45) is 0 Å². The molecule has 2 atom stereocenters. The van der Waals surface area contributed by atoms with E-state index in [4.69, 9.17) is 0 Å². The summed E-state index contributed by atoms with van der Waals surface area (Å²) in [6, 6.07) is -0.647. The Morgan fingerprint density at radius 1 is 0.410 bits per heavy atom. The first-order chi connectivity index (χ1) is 30.2. The number of carbonyl (C=O) groups excluding carboxylic acids is 1. The third-order valence-electron chi connectivity index (χ3n) is 11.3. The number of amides is 1. The van der Waals surface area contributed by atoms with Gasteiger partial charge in [0.15, 0.2) is 0 Å². The van der Waals surface area contributed by atoms with Gasteiger partial charge in [0, 0.05) is 6.42 Å². The monoisotopic (exact) mass is 846 g/mol. The van der Waals surface area contributed by atoms with Gasteiger partial charge in [-0.1, -0.05) is 246 Å². The van der Waals surface area contributed by atoms with E-state index in [1.807, 2.05) is 6.08 Å².